The Balaban J connectivity index is 1.94. The second-order valence-corrected chi connectivity index (χ2v) is 3.25. The zero-order chi connectivity index (χ0) is 9.80. The summed E-state index contributed by atoms with van der Waals surface area (Å²) in [5, 5.41) is 13.3. The molecule has 1 amide bonds. The number of carbonyl (C=O) groups is 1. The maximum atomic E-state index is 11.6. The van der Waals surface area contributed by atoms with E-state index < -0.39 is 0 Å². The Morgan fingerprint density at radius 2 is 2.57 bits per heavy atom. The fourth-order valence-corrected chi connectivity index (χ4v) is 1.49. The number of anilines is 1. The first-order valence-electron chi connectivity index (χ1n) is 4.68. The smallest absolute Gasteiger partial charge is 0.242 e. The van der Waals surface area contributed by atoms with Crippen LogP contribution in [-0.2, 0) is 4.79 Å². The van der Waals surface area contributed by atoms with Crippen LogP contribution in [0.3, 0.4) is 0 Å². The predicted octanol–water partition coefficient (Wildman–Crippen LogP) is 0.167. The van der Waals surface area contributed by atoms with Crippen molar-refractivity contribution in [3.63, 3.8) is 0 Å². The lowest BCUT2D eigenvalue weighted by Crippen LogP contribution is -2.35. The molecule has 2 rings (SSSR count). The van der Waals surface area contributed by atoms with Crippen LogP contribution in [-0.4, -0.2) is 28.7 Å². The Kier molecular flexibility index (Phi) is 2.69. The minimum absolute atomic E-state index is 0.0250. The van der Waals surface area contributed by atoms with Crippen LogP contribution in [0.1, 0.15) is 12.8 Å². The molecule has 1 fully saturated rings. The van der Waals surface area contributed by atoms with Crippen LogP contribution < -0.4 is 10.6 Å². The van der Waals surface area contributed by atoms with Crippen LogP contribution in [0.2, 0.25) is 0 Å². The lowest BCUT2D eigenvalue weighted by Gasteiger charge is -2.09. The van der Waals surface area contributed by atoms with Crippen LogP contribution in [0.5, 0.6) is 0 Å². The molecule has 0 aromatic carbocycles. The van der Waals surface area contributed by atoms with Gasteiger partial charge in [0.05, 0.1) is 6.04 Å². The van der Waals surface area contributed by atoms with E-state index in [-0.39, 0.29) is 11.9 Å². The predicted molar refractivity (Wildman–Crippen MR) is 51.7 cm³/mol. The summed E-state index contributed by atoms with van der Waals surface area (Å²) in [5.74, 6) is 0.481. The molecule has 0 radical (unpaired) electrons. The zero-order valence-electron chi connectivity index (χ0n) is 7.73. The SMILES string of the molecule is O=C(Nc1cccnn1)[C@H]1CCCN1. The summed E-state index contributed by atoms with van der Waals surface area (Å²) in [7, 11) is 0. The summed E-state index contributed by atoms with van der Waals surface area (Å²) >= 11 is 0. The summed E-state index contributed by atoms with van der Waals surface area (Å²) in [4.78, 5) is 11.6. The molecule has 14 heavy (non-hydrogen) atoms. The minimum Gasteiger partial charge on any atom is -0.308 e. The molecule has 0 aliphatic carbocycles. The molecule has 0 bridgehead atoms. The molecule has 0 saturated carbocycles. The largest absolute Gasteiger partial charge is 0.308 e. The van der Waals surface area contributed by atoms with Crippen molar-refractivity contribution in [1.29, 1.82) is 0 Å². The molecule has 0 unspecified atom stereocenters. The van der Waals surface area contributed by atoms with Gasteiger partial charge in [-0.25, -0.2) is 0 Å². The summed E-state index contributed by atoms with van der Waals surface area (Å²) in [6.45, 7) is 0.915. The summed E-state index contributed by atoms with van der Waals surface area (Å²) in [6.07, 6.45) is 3.52. The van der Waals surface area contributed by atoms with Crippen molar-refractivity contribution in [2.75, 3.05) is 11.9 Å². The second-order valence-electron chi connectivity index (χ2n) is 3.25. The van der Waals surface area contributed by atoms with Crippen LogP contribution in [0, 0.1) is 0 Å². The number of amides is 1. The summed E-state index contributed by atoms with van der Waals surface area (Å²) in [6, 6.07) is 3.39. The molecule has 1 aliphatic rings. The number of rotatable bonds is 2. The van der Waals surface area contributed by atoms with Crippen molar-refractivity contribution in [3.05, 3.63) is 18.3 Å². The number of hydrogen-bond acceptors (Lipinski definition) is 4. The van der Waals surface area contributed by atoms with Gasteiger partial charge in [0.15, 0.2) is 5.82 Å². The number of carbonyl (C=O) groups excluding carboxylic acids is 1. The first-order chi connectivity index (χ1) is 6.86. The van der Waals surface area contributed by atoms with E-state index in [0.717, 1.165) is 19.4 Å². The van der Waals surface area contributed by atoms with E-state index in [4.69, 9.17) is 0 Å². The average molecular weight is 192 g/mol. The molecular weight excluding hydrogens is 180 g/mol. The van der Waals surface area contributed by atoms with Gasteiger partial charge >= 0.3 is 0 Å². The second kappa shape index (κ2) is 4.15. The van der Waals surface area contributed by atoms with Crippen LogP contribution in [0.15, 0.2) is 18.3 Å². The van der Waals surface area contributed by atoms with E-state index in [9.17, 15) is 4.79 Å². The van der Waals surface area contributed by atoms with Crippen LogP contribution in [0.25, 0.3) is 0 Å². The zero-order valence-corrected chi connectivity index (χ0v) is 7.73. The van der Waals surface area contributed by atoms with Gasteiger partial charge in [-0.15, -0.1) is 5.10 Å². The quantitative estimate of drug-likeness (QED) is 0.700. The van der Waals surface area contributed by atoms with Crippen molar-refractivity contribution in [2.45, 2.75) is 18.9 Å². The number of nitrogens with one attached hydrogen (secondary N) is 2. The normalized spacial score (nSPS) is 20.7. The maximum Gasteiger partial charge on any atom is 0.242 e. The lowest BCUT2D eigenvalue weighted by molar-refractivity contribution is -0.117. The van der Waals surface area contributed by atoms with E-state index in [1.54, 1.807) is 18.3 Å². The van der Waals surface area contributed by atoms with E-state index in [2.05, 4.69) is 20.8 Å². The molecule has 5 heteroatoms. The Labute approximate surface area is 81.9 Å². The van der Waals surface area contributed by atoms with Crippen LogP contribution in [0.4, 0.5) is 5.82 Å². The Morgan fingerprint density at radius 3 is 3.21 bits per heavy atom. The standard InChI is InChI=1S/C9H12N4O/c14-9(7-3-1-5-10-7)12-8-4-2-6-11-13-8/h2,4,6-7,10H,1,3,5H2,(H,12,13,14)/t7-/m1/s1. The fraction of sp³-hybridized carbons (Fsp3) is 0.444. The van der Waals surface area contributed by atoms with Gasteiger partial charge in [0.25, 0.3) is 0 Å². The molecule has 1 aromatic heterocycles. The van der Waals surface area contributed by atoms with Crippen molar-refractivity contribution in [1.82, 2.24) is 15.5 Å². The fourth-order valence-electron chi connectivity index (χ4n) is 1.49. The summed E-state index contributed by atoms with van der Waals surface area (Å²) in [5.41, 5.74) is 0. The Bertz CT molecular complexity index is 308. The Hall–Kier alpha value is -1.49. The first kappa shape index (κ1) is 9.08. The molecule has 5 nitrogen and oxygen atoms in total. The average Bonchev–Trinajstić information content (AvgIpc) is 2.72. The van der Waals surface area contributed by atoms with Gasteiger partial charge in [-0.2, -0.15) is 5.10 Å². The number of nitrogens with zero attached hydrogens (tertiary/aromatic N) is 2. The third kappa shape index (κ3) is 2.05. The monoisotopic (exact) mass is 192 g/mol. The van der Waals surface area contributed by atoms with Gasteiger partial charge in [-0.05, 0) is 31.5 Å². The highest BCUT2D eigenvalue weighted by Gasteiger charge is 2.21. The molecule has 2 heterocycles. The molecule has 0 spiro atoms. The van der Waals surface area contributed by atoms with E-state index in [1.165, 1.54) is 0 Å². The van der Waals surface area contributed by atoms with Crippen molar-refractivity contribution < 1.29 is 4.79 Å². The van der Waals surface area contributed by atoms with Gasteiger partial charge < -0.3 is 10.6 Å². The Morgan fingerprint density at radius 1 is 1.64 bits per heavy atom. The van der Waals surface area contributed by atoms with Gasteiger partial charge in [-0.1, -0.05) is 0 Å². The highest BCUT2D eigenvalue weighted by atomic mass is 16.2. The lowest BCUT2D eigenvalue weighted by atomic mass is 10.2. The minimum atomic E-state index is -0.0722. The molecular formula is C9H12N4O. The molecule has 2 N–H and O–H groups in total. The molecule has 1 aromatic rings. The number of hydrogen-bond donors (Lipinski definition) is 2. The van der Waals surface area contributed by atoms with E-state index in [0.29, 0.717) is 5.82 Å². The summed E-state index contributed by atoms with van der Waals surface area (Å²) < 4.78 is 0. The van der Waals surface area contributed by atoms with Gasteiger partial charge in [0, 0.05) is 6.20 Å². The van der Waals surface area contributed by atoms with Crippen molar-refractivity contribution in [3.8, 4) is 0 Å². The number of aromatic nitrogens is 2. The highest BCUT2D eigenvalue weighted by molar-refractivity contribution is 5.94. The first-order valence-corrected chi connectivity index (χ1v) is 4.68. The van der Waals surface area contributed by atoms with E-state index in [1.807, 2.05) is 0 Å². The highest BCUT2D eigenvalue weighted by Crippen LogP contribution is 2.07. The molecule has 1 atom stereocenters. The maximum absolute atomic E-state index is 11.6. The van der Waals surface area contributed by atoms with Crippen molar-refractivity contribution >= 4 is 11.7 Å². The molecule has 1 aliphatic heterocycles. The third-order valence-corrected chi connectivity index (χ3v) is 2.20. The van der Waals surface area contributed by atoms with E-state index >= 15 is 0 Å². The van der Waals surface area contributed by atoms with Gasteiger partial charge in [0.1, 0.15) is 0 Å². The van der Waals surface area contributed by atoms with Crippen LogP contribution >= 0.6 is 0 Å². The molecule has 74 valence electrons. The molecule has 1 saturated heterocycles. The topological polar surface area (TPSA) is 66.9 Å². The van der Waals surface area contributed by atoms with Gasteiger partial charge in [-0.3, -0.25) is 4.79 Å². The van der Waals surface area contributed by atoms with Gasteiger partial charge in [0.2, 0.25) is 5.91 Å². The van der Waals surface area contributed by atoms with Crippen molar-refractivity contribution in [2.24, 2.45) is 0 Å². The third-order valence-electron chi connectivity index (χ3n) is 2.20.